The Morgan fingerprint density at radius 2 is 0.782 bits per heavy atom. The van der Waals surface area contributed by atoms with Gasteiger partial charge in [-0.2, -0.15) is 0 Å². The predicted octanol–water partition coefficient (Wildman–Crippen LogP) is 15.4. The molecule has 1 aliphatic rings. The predicted molar refractivity (Wildman–Crippen MR) is 236 cm³/mol. The molecule has 9 aromatic rings. The number of nitrogens with zero attached hydrogens (tertiary/aromatic N) is 1. The average Bonchev–Trinajstić information content (AvgIpc) is 3.23. The van der Waals surface area contributed by atoms with Gasteiger partial charge in [-0.3, -0.25) is 0 Å². The Morgan fingerprint density at radius 3 is 1.40 bits per heavy atom. The lowest BCUT2D eigenvalue weighted by molar-refractivity contribution is 0.590. The first-order valence-corrected chi connectivity index (χ1v) is 19.2. The van der Waals surface area contributed by atoms with E-state index in [9.17, 15) is 0 Å². The van der Waals surface area contributed by atoms with E-state index in [2.05, 4.69) is 220 Å². The Morgan fingerprint density at radius 1 is 0.309 bits per heavy atom. The summed E-state index contributed by atoms with van der Waals surface area (Å²) in [5.74, 6) is 0. The molecule has 0 unspecified atom stereocenters. The summed E-state index contributed by atoms with van der Waals surface area (Å²) in [5, 5.41) is 5.04. The fraction of sp³-hybridized carbons (Fsp3) is 0.0741. The Kier molecular flexibility index (Phi) is 7.78. The molecule has 0 fully saturated rings. The molecule has 0 spiro atoms. The lowest BCUT2D eigenvalue weighted by atomic mass is 9.77. The summed E-state index contributed by atoms with van der Waals surface area (Å²) in [6.45, 7) is 6.80. The highest BCUT2D eigenvalue weighted by Crippen LogP contribution is 2.51. The number of hydrogen-bond acceptors (Lipinski definition) is 1. The third-order valence-electron chi connectivity index (χ3n) is 11.3. The monoisotopic (exact) mass is 703 g/mol. The first-order chi connectivity index (χ1) is 26.9. The molecular formula is C54H41N. The van der Waals surface area contributed by atoms with Crippen LogP contribution >= 0.6 is 0 Å². The van der Waals surface area contributed by atoms with Gasteiger partial charge in [0, 0.05) is 16.9 Å². The number of fused-ring (bicyclic) bond motifs is 6. The first-order valence-electron chi connectivity index (χ1n) is 19.2. The minimum Gasteiger partial charge on any atom is -0.310 e. The van der Waals surface area contributed by atoms with E-state index in [1.54, 1.807) is 0 Å². The molecule has 0 bridgehead atoms. The number of rotatable bonds is 6. The Labute approximate surface area is 323 Å². The van der Waals surface area contributed by atoms with Crippen LogP contribution in [0, 0.1) is 0 Å². The van der Waals surface area contributed by atoms with Crippen LogP contribution in [-0.2, 0) is 5.41 Å². The van der Waals surface area contributed by atoms with Gasteiger partial charge in [0.05, 0.1) is 5.69 Å². The maximum absolute atomic E-state index is 2.41. The van der Waals surface area contributed by atoms with Crippen LogP contribution in [0.4, 0.5) is 17.1 Å². The Bertz CT molecular complexity index is 2860. The lowest BCUT2D eigenvalue weighted by Crippen LogP contribution is -2.11. The minimum atomic E-state index is 0.144. The zero-order valence-electron chi connectivity index (χ0n) is 31.4. The smallest absolute Gasteiger partial charge is 0.0540 e. The summed E-state index contributed by atoms with van der Waals surface area (Å²) in [6.07, 6.45) is 0. The van der Waals surface area contributed by atoms with Crippen molar-refractivity contribution in [3.8, 4) is 55.6 Å². The topological polar surface area (TPSA) is 3.24 Å². The van der Waals surface area contributed by atoms with Crippen molar-refractivity contribution in [3.63, 3.8) is 0 Å². The van der Waals surface area contributed by atoms with Crippen molar-refractivity contribution in [2.24, 2.45) is 0 Å². The quantitative estimate of drug-likeness (QED) is 0.167. The fourth-order valence-corrected chi connectivity index (χ4v) is 8.29. The van der Waals surface area contributed by atoms with Crippen LogP contribution in [0.3, 0.4) is 0 Å². The molecule has 0 saturated carbocycles. The van der Waals surface area contributed by atoms with Crippen LogP contribution in [0.25, 0.3) is 77.2 Å². The molecule has 0 N–H and O–H groups in total. The summed E-state index contributed by atoms with van der Waals surface area (Å²) in [7, 11) is 0. The van der Waals surface area contributed by atoms with Gasteiger partial charge >= 0.3 is 0 Å². The van der Waals surface area contributed by atoms with E-state index in [1.807, 2.05) is 0 Å². The van der Waals surface area contributed by atoms with Gasteiger partial charge in [0.25, 0.3) is 0 Å². The van der Waals surface area contributed by atoms with Gasteiger partial charge in [0.1, 0.15) is 0 Å². The van der Waals surface area contributed by atoms with Gasteiger partial charge in [0.15, 0.2) is 0 Å². The van der Waals surface area contributed by atoms with Crippen LogP contribution in [0.1, 0.15) is 26.3 Å². The van der Waals surface area contributed by atoms with E-state index in [0.29, 0.717) is 0 Å². The van der Waals surface area contributed by atoms with Crippen LogP contribution in [0.2, 0.25) is 0 Å². The Hall–Kier alpha value is -6.70. The summed E-state index contributed by atoms with van der Waals surface area (Å²) >= 11 is 0. The molecule has 55 heavy (non-hydrogen) atoms. The van der Waals surface area contributed by atoms with Gasteiger partial charge < -0.3 is 4.90 Å². The van der Waals surface area contributed by atoms with Crippen molar-refractivity contribution < 1.29 is 0 Å². The minimum absolute atomic E-state index is 0.144. The van der Waals surface area contributed by atoms with E-state index in [1.165, 1.54) is 82.7 Å². The largest absolute Gasteiger partial charge is 0.310 e. The molecule has 0 aliphatic heterocycles. The van der Waals surface area contributed by atoms with Crippen molar-refractivity contribution in [1.82, 2.24) is 0 Å². The van der Waals surface area contributed by atoms with E-state index in [0.717, 1.165) is 17.1 Å². The maximum atomic E-state index is 2.41. The van der Waals surface area contributed by atoms with Crippen LogP contribution in [0.5, 0.6) is 0 Å². The van der Waals surface area contributed by atoms with Gasteiger partial charge in [0.2, 0.25) is 0 Å². The van der Waals surface area contributed by atoms with Crippen molar-refractivity contribution in [2.45, 2.75) is 26.2 Å². The standard InChI is InChI=1S/C54H41N/c1-54(2,3)45-25-21-37(22-26-45)39-19-20-41-32-49-51(34-43(41)29-39)50-33-42-23-27-47(30-44(42)35-52(49)50)55(46-17-11-6-12-18-46)53-28-24-40(36-13-7-4-8-14-36)31-48(53)38-15-9-5-10-16-38/h4-35H,1-3H3. The fourth-order valence-electron chi connectivity index (χ4n) is 8.29. The van der Waals surface area contributed by atoms with Crippen molar-refractivity contribution in [3.05, 3.63) is 200 Å². The second-order valence-electron chi connectivity index (χ2n) is 15.9. The molecule has 0 atom stereocenters. The number of hydrogen-bond donors (Lipinski definition) is 0. The van der Waals surface area contributed by atoms with Crippen molar-refractivity contribution in [1.29, 1.82) is 0 Å². The second-order valence-corrected chi connectivity index (χ2v) is 15.9. The highest BCUT2D eigenvalue weighted by atomic mass is 15.1. The van der Waals surface area contributed by atoms with Gasteiger partial charge in [-0.1, -0.05) is 148 Å². The van der Waals surface area contributed by atoms with E-state index in [4.69, 9.17) is 0 Å². The SMILES string of the molecule is CC(C)(C)c1ccc(-c2ccc3cc4c(cc3c2)-c2cc3ccc(N(c5ccccc5)c5ccc(-c6ccccc6)cc5-c5ccccc5)cc3cc2-4)cc1. The second kappa shape index (κ2) is 13.0. The number of para-hydroxylation sites is 1. The molecule has 0 heterocycles. The van der Waals surface area contributed by atoms with E-state index in [-0.39, 0.29) is 5.41 Å². The first kappa shape index (κ1) is 32.9. The van der Waals surface area contributed by atoms with Crippen LogP contribution in [-0.4, -0.2) is 0 Å². The third kappa shape index (κ3) is 5.90. The molecule has 262 valence electrons. The van der Waals surface area contributed by atoms with Gasteiger partial charge in [-0.25, -0.2) is 0 Å². The molecular weight excluding hydrogens is 663 g/mol. The molecule has 0 amide bonds. The molecule has 9 aromatic carbocycles. The summed E-state index contributed by atoms with van der Waals surface area (Å²) in [5.41, 5.74) is 17.5. The molecule has 0 saturated heterocycles. The Balaban J connectivity index is 1.05. The third-order valence-corrected chi connectivity index (χ3v) is 11.3. The van der Waals surface area contributed by atoms with Crippen LogP contribution < -0.4 is 4.90 Å². The lowest BCUT2D eigenvalue weighted by Gasteiger charge is -2.29. The zero-order chi connectivity index (χ0) is 37.1. The summed E-state index contributed by atoms with van der Waals surface area (Å²) in [6, 6.07) is 71.5. The van der Waals surface area contributed by atoms with E-state index >= 15 is 0 Å². The highest BCUT2D eigenvalue weighted by molar-refractivity contribution is 6.12. The molecule has 1 heteroatoms. The zero-order valence-corrected chi connectivity index (χ0v) is 31.4. The molecule has 0 radical (unpaired) electrons. The molecule has 1 nitrogen and oxygen atoms in total. The number of anilines is 3. The van der Waals surface area contributed by atoms with Gasteiger partial charge in [-0.15, -0.1) is 0 Å². The van der Waals surface area contributed by atoms with Crippen molar-refractivity contribution in [2.75, 3.05) is 4.90 Å². The van der Waals surface area contributed by atoms with Gasteiger partial charge in [-0.05, 0) is 149 Å². The van der Waals surface area contributed by atoms with Crippen molar-refractivity contribution >= 4 is 38.6 Å². The molecule has 1 aliphatic carbocycles. The van der Waals surface area contributed by atoms with E-state index < -0.39 is 0 Å². The highest BCUT2D eigenvalue weighted by Gasteiger charge is 2.25. The van der Waals surface area contributed by atoms with Crippen LogP contribution in [0.15, 0.2) is 194 Å². The molecule has 0 aromatic heterocycles. The maximum Gasteiger partial charge on any atom is 0.0540 e. The average molecular weight is 704 g/mol. The molecule has 10 rings (SSSR count). The number of benzene rings is 9. The normalized spacial score (nSPS) is 11.9. The summed E-state index contributed by atoms with van der Waals surface area (Å²) < 4.78 is 0. The summed E-state index contributed by atoms with van der Waals surface area (Å²) in [4.78, 5) is 2.41.